The number of methoxy groups -OCH3 is 1. The molecule has 2 rings (SSSR count). The zero-order chi connectivity index (χ0) is 13.7. The van der Waals surface area contributed by atoms with Gasteiger partial charge in [0.2, 0.25) is 0 Å². The summed E-state index contributed by atoms with van der Waals surface area (Å²) < 4.78 is 11.4. The lowest BCUT2D eigenvalue weighted by Crippen LogP contribution is -2.46. The Kier molecular flexibility index (Phi) is 4.80. The van der Waals surface area contributed by atoms with Gasteiger partial charge in [0, 0.05) is 7.11 Å². The summed E-state index contributed by atoms with van der Waals surface area (Å²) in [6.45, 7) is 2.65. The Hall–Kier alpha value is -1.10. The van der Waals surface area contributed by atoms with Gasteiger partial charge in [-0.15, -0.1) is 0 Å². The Morgan fingerprint density at radius 1 is 1.37 bits per heavy atom. The third-order valence-corrected chi connectivity index (χ3v) is 4.05. The summed E-state index contributed by atoms with van der Waals surface area (Å²) in [5, 5.41) is 0. The van der Waals surface area contributed by atoms with Crippen LogP contribution in [0.4, 0.5) is 0 Å². The minimum absolute atomic E-state index is 0.000376. The van der Waals surface area contributed by atoms with Crippen molar-refractivity contribution in [2.45, 2.75) is 44.2 Å². The molecule has 0 radical (unpaired) electrons. The second kappa shape index (κ2) is 6.37. The maximum atomic E-state index is 5.82. The molecule has 19 heavy (non-hydrogen) atoms. The van der Waals surface area contributed by atoms with Crippen LogP contribution in [0.5, 0.6) is 5.75 Å². The van der Waals surface area contributed by atoms with Crippen molar-refractivity contribution in [2.75, 3.05) is 13.7 Å². The molecule has 106 valence electrons. The molecule has 0 bridgehead atoms. The molecule has 4 heteroatoms. The molecule has 0 spiro atoms. The lowest BCUT2D eigenvalue weighted by atomic mass is 9.87. The lowest BCUT2D eigenvalue weighted by Gasteiger charge is -2.36. The first-order chi connectivity index (χ1) is 9.25. The van der Waals surface area contributed by atoms with Gasteiger partial charge in [-0.1, -0.05) is 25.0 Å². The number of hydrogen-bond acceptors (Lipinski definition) is 4. The predicted octanol–water partition coefficient (Wildman–Crippen LogP) is 2.55. The molecule has 0 saturated heterocycles. The normalized spacial score (nSPS) is 19.3. The Morgan fingerprint density at radius 2 is 2.11 bits per heavy atom. The summed E-state index contributed by atoms with van der Waals surface area (Å²) in [6, 6.07) is 8.09. The van der Waals surface area contributed by atoms with Crippen molar-refractivity contribution in [3.05, 3.63) is 29.8 Å². The van der Waals surface area contributed by atoms with E-state index in [1.165, 1.54) is 12.8 Å². The van der Waals surface area contributed by atoms with Gasteiger partial charge in [-0.25, -0.2) is 0 Å². The molecule has 1 aromatic rings. The van der Waals surface area contributed by atoms with Gasteiger partial charge in [-0.2, -0.15) is 0 Å². The number of benzene rings is 1. The van der Waals surface area contributed by atoms with E-state index in [9.17, 15) is 0 Å². The topological polar surface area (TPSA) is 56.5 Å². The monoisotopic (exact) mass is 264 g/mol. The minimum atomic E-state index is -0.195. The van der Waals surface area contributed by atoms with E-state index in [2.05, 4.69) is 11.5 Å². The average Bonchev–Trinajstić information content (AvgIpc) is 2.90. The number of rotatable bonds is 6. The van der Waals surface area contributed by atoms with Gasteiger partial charge in [0.25, 0.3) is 0 Å². The standard InChI is InChI=1S/C15H24N2O2/c1-3-19-13-8-6-7-12(11-13)14(17-16)15(18-2)9-4-5-10-15/h6-8,11,14,17H,3-5,9-10,16H2,1-2H3. The molecule has 1 aliphatic carbocycles. The van der Waals surface area contributed by atoms with Crippen LogP contribution in [-0.4, -0.2) is 19.3 Å². The van der Waals surface area contributed by atoms with Gasteiger partial charge in [0.05, 0.1) is 18.2 Å². The smallest absolute Gasteiger partial charge is 0.119 e. The van der Waals surface area contributed by atoms with Gasteiger partial charge in [-0.05, 0) is 37.5 Å². The fourth-order valence-electron chi connectivity index (χ4n) is 3.09. The third kappa shape index (κ3) is 2.91. The van der Waals surface area contributed by atoms with Gasteiger partial charge >= 0.3 is 0 Å². The fraction of sp³-hybridized carbons (Fsp3) is 0.600. The van der Waals surface area contributed by atoms with Crippen molar-refractivity contribution >= 4 is 0 Å². The van der Waals surface area contributed by atoms with E-state index >= 15 is 0 Å². The van der Waals surface area contributed by atoms with Crippen LogP contribution in [0.3, 0.4) is 0 Å². The molecule has 0 aliphatic heterocycles. The van der Waals surface area contributed by atoms with Crippen LogP contribution >= 0.6 is 0 Å². The van der Waals surface area contributed by atoms with Gasteiger partial charge < -0.3 is 9.47 Å². The molecular formula is C15H24N2O2. The van der Waals surface area contributed by atoms with Crippen LogP contribution in [-0.2, 0) is 4.74 Å². The highest BCUT2D eigenvalue weighted by Crippen LogP contribution is 2.42. The van der Waals surface area contributed by atoms with E-state index < -0.39 is 0 Å². The minimum Gasteiger partial charge on any atom is -0.494 e. The second-order valence-corrected chi connectivity index (χ2v) is 5.08. The maximum absolute atomic E-state index is 5.82. The molecular weight excluding hydrogens is 240 g/mol. The first-order valence-electron chi connectivity index (χ1n) is 7.00. The summed E-state index contributed by atoms with van der Waals surface area (Å²) in [5.74, 6) is 6.68. The third-order valence-electron chi connectivity index (χ3n) is 4.05. The fourth-order valence-corrected chi connectivity index (χ4v) is 3.09. The first-order valence-corrected chi connectivity index (χ1v) is 7.00. The molecule has 0 amide bonds. The van der Waals surface area contributed by atoms with Crippen molar-refractivity contribution in [3.63, 3.8) is 0 Å². The molecule has 0 aromatic heterocycles. The van der Waals surface area contributed by atoms with Crippen molar-refractivity contribution in [3.8, 4) is 5.75 Å². The van der Waals surface area contributed by atoms with Crippen LogP contribution in [0.15, 0.2) is 24.3 Å². The molecule has 3 N–H and O–H groups in total. The Morgan fingerprint density at radius 3 is 2.68 bits per heavy atom. The largest absolute Gasteiger partial charge is 0.494 e. The van der Waals surface area contributed by atoms with Crippen LogP contribution < -0.4 is 16.0 Å². The molecule has 1 unspecified atom stereocenters. The second-order valence-electron chi connectivity index (χ2n) is 5.08. The summed E-state index contributed by atoms with van der Waals surface area (Å²) in [7, 11) is 1.78. The number of nitrogens with one attached hydrogen (secondary N) is 1. The van der Waals surface area contributed by atoms with Crippen molar-refractivity contribution < 1.29 is 9.47 Å². The first kappa shape index (κ1) is 14.3. The van der Waals surface area contributed by atoms with Gasteiger partial charge in [0.1, 0.15) is 5.75 Å². The van der Waals surface area contributed by atoms with Crippen LogP contribution in [0.1, 0.15) is 44.2 Å². The molecule has 1 fully saturated rings. The Labute approximate surface area is 115 Å². The maximum Gasteiger partial charge on any atom is 0.119 e. The number of ether oxygens (including phenoxy) is 2. The SMILES string of the molecule is CCOc1cccc(C(NN)C2(OC)CCCC2)c1. The van der Waals surface area contributed by atoms with Crippen LogP contribution in [0, 0.1) is 0 Å². The van der Waals surface area contributed by atoms with Crippen molar-refractivity contribution in [1.82, 2.24) is 5.43 Å². The van der Waals surface area contributed by atoms with E-state index in [1.807, 2.05) is 25.1 Å². The van der Waals surface area contributed by atoms with Crippen molar-refractivity contribution in [1.29, 1.82) is 0 Å². The molecule has 1 atom stereocenters. The van der Waals surface area contributed by atoms with Gasteiger partial charge in [-0.3, -0.25) is 11.3 Å². The summed E-state index contributed by atoms with van der Waals surface area (Å²) >= 11 is 0. The van der Waals surface area contributed by atoms with E-state index in [-0.39, 0.29) is 11.6 Å². The molecule has 1 aromatic carbocycles. The van der Waals surface area contributed by atoms with Crippen LogP contribution in [0.25, 0.3) is 0 Å². The Bertz CT molecular complexity index is 403. The summed E-state index contributed by atoms with van der Waals surface area (Å²) in [4.78, 5) is 0. The average molecular weight is 264 g/mol. The zero-order valence-electron chi connectivity index (χ0n) is 11.8. The molecule has 1 aliphatic rings. The zero-order valence-corrected chi connectivity index (χ0v) is 11.8. The highest BCUT2D eigenvalue weighted by Gasteiger charge is 2.42. The summed E-state index contributed by atoms with van der Waals surface area (Å²) in [5.41, 5.74) is 3.87. The number of hydrogen-bond donors (Lipinski definition) is 2. The quantitative estimate of drug-likeness (QED) is 0.612. The summed E-state index contributed by atoms with van der Waals surface area (Å²) in [6.07, 6.45) is 4.46. The van der Waals surface area contributed by atoms with Crippen molar-refractivity contribution in [2.24, 2.45) is 5.84 Å². The Balaban J connectivity index is 2.27. The van der Waals surface area contributed by atoms with E-state index in [0.29, 0.717) is 6.61 Å². The highest BCUT2D eigenvalue weighted by atomic mass is 16.5. The van der Waals surface area contributed by atoms with Gasteiger partial charge in [0.15, 0.2) is 0 Å². The number of nitrogens with two attached hydrogens (primary N) is 1. The van der Waals surface area contributed by atoms with E-state index in [0.717, 1.165) is 24.2 Å². The molecule has 0 heterocycles. The van der Waals surface area contributed by atoms with E-state index in [1.54, 1.807) is 7.11 Å². The number of hydrazine groups is 1. The van der Waals surface area contributed by atoms with E-state index in [4.69, 9.17) is 15.3 Å². The van der Waals surface area contributed by atoms with Crippen LogP contribution in [0.2, 0.25) is 0 Å². The highest BCUT2D eigenvalue weighted by molar-refractivity contribution is 5.32. The molecule has 4 nitrogen and oxygen atoms in total. The molecule has 1 saturated carbocycles. The predicted molar refractivity (Wildman–Crippen MR) is 75.9 cm³/mol. The lowest BCUT2D eigenvalue weighted by molar-refractivity contribution is -0.0369.